The van der Waals surface area contributed by atoms with Crippen molar-refractivity contribution in [3.05, 3.63) is 58.7 Å². The Kier molecular flexibility index (Phi) is 5.21. The molecule has 0 fully saturated rings. The smallest absolute Gasteiger partial charge is 0.275 e. The molecular weight excluding hydrogens is 342 g/mol. The quantitative estimate of drug-likeness (QED) is 0.691. The van der Waals surface area contributed by atoms with Crippen molar-refractivity contribution in [1.82, 2.24) is 15.1 Å². The minimum absolute atomic E-state index is 0.255. The number of rotatable bonds is 5. The molecule has 0 atom stereocenters. The zero-order chi connectivity index (χ0) is 19.6. The van der Waals surface area contributed by atoms with Crippen LogP contribution >= 0.6 is 0 Å². The fourth-order valence-corrected chi connectivity index (χ4v) is 2.82. The molecule has 0 spiro atoms. The van der Waals surface area contributed by atoms with Crippen LogP contribution in [0.5, 0.6) is 0 Å². The monoisotopic (exact) mass is 365 g/mol. The van der Waals surface area contributed by atoms with Crippen LogP contribution in [0.3, 0.4) is 0 Å². The van der Waals surface area contributed by atoms with Crippen LogP contribution in [0.15, 0.2) is 34.9 Å². The van der Waals surface area contributed by atoms with Gasteiger partial charge in [-0.1, -0.05) is 37.2 Å². The third-order valence-corrected chi connectivity index (χ3v) is 4.12. The van der Waals surface area contributed by atoms with E-state index in [0.29, 0.717) is 29.1 Å². The molecule has 27 heavy (non-hydrogen) atoms. The lowest BCUT2D eigenvalue weighted by Gasteiger charge is -2.17. The van der Waals surface area contributed by atoms with Crippen molar-refractivity contribution < 1.29 is 9.32 Å². The molecule has 0 saturated heterocycles. The SMILES string of the molecule is Cc1nc(Nc2c(C)cccc2C(C)C)cc(C(=O)Nc2cc(C)on2)n1. The summed E-state index contributed by atoms with van der Waals surface area (Å²) in [6.07, 6.45) is 0. The Morgan fingerprint density at radius 3 is 2.52 bits per heavy atom. The Balaban J connectivity index is 1.89. The van der Waals surface area contributed by atoms with E-state index in [1.165, 1.54) is 5.56 Å². The Bertz CT molecular complexity index is 978. The summed E-state index contributed by atoms with van der Waals surface area (Å²) in [5, 5.41) is 9.81. The predicted molar refractivity (Wildman–Crippen MR) is 105 cm³/mol. The summed E-state index contributed by atoms with van der Waals surface area (Å²) in [4.78, 5) is 21.2. The van der Waals surface area contributed by atoms with Crippen LogP contribution in [-0.2, 0) is 0 Å². The van der Waals surface area contributed by atoms with Gasteiger partial charge in [-0.3, -0.25) is 4.79 Å². The molecule has 0 aliphatic heterocycles. The van der Waals surface area contributed by atoms with E-state index in [9.17, 15) is 4.79 Å². The van der Waals surface area contributed by atoms with Gasteiger partial charge >= 0.3 is 0 Å². The van der Waals surface area contributed by atoms with Crippen LogP contribution in [0.25, 0.3) is 0 Å². The highest BCUT2D eigenvalue weighted by Gasteiger charge is 2.15. The van der Waals surface area contributed by atoms with Gasteiger partial charge in [0.05, 0.1) is 0 Å². The van der Waals surface area contributed by atoms with E-state index >= 15 is 0 Å². The van der Waals surface area contributed by atoms with Gasteiger partial charge in [-0.2, -0.15) is 0 Å². The lowest BCUT2D eigenvalue weighted by atomic mass is 9.98. The first-order valence-corrected chi connectivity index (χ1v) is 8.80. The number of benzene rings is 1. The summed E-state index contributed by atoms with van der Waals surface area (Å²) in [6.45, 7) is 9.84. The van der Waals surface area contributed by atoms with Crippen LogP contribution in [0, 0.1) is 20.8 Å². The van der Waals surface area contributed by atoms with Crippen molar-refractivity contribution in [2.45, 2.75) is 40.5 Å². The maximum Gasteiger partial charge on any atom is 0.275 e. The van der Waals surface area contributed by atoms with Gasteiger partial charge in [-0.25, -0.2) is 9.97 Å². The second-order valence-electron chi connectivity index (χ2n) is 6.78. The number of carbonyl (C=O) groups excluding carboxylic acids is 1. The number of anilines is 3. The van der Waals surface area contributed by atoms with Gasteiger partial charge in [-0.05, 0) is 37.8 Å². The first-order valence-electron chi connectivity index (χ1n) is 8.80. The van der Waals surface area contributed by atoms with Crippen LogP contribution in [0.4, 0.5) is 17.3 Å². The molecule has 0 bridgehead atoms. The van der Waals surface area contributed by atoms with Gasteiger partial charge in [0.15, 0.2) is 5.82 Å². The average Bonchev–Trinajstić information content (AvgIpc) is 3.00. The second-order valence-corrected chi connectivity index (χ2v) is 6.78. The van der Waals surface area contributed by atoms with Crippen molar-refractivity contribution in [2.24, 2.45) is 0 Å². The zero-order valence-corrected chi connectivity index (χ0v) is 16.1. The van der Waals surface area contributed by atoms with Crippen molar-refractivity contribution >= 4 is 23.2 Å². The van der Waals surface area contributed by atoms with Gasteiger partial charge in [0.25, 0.3) is 5.91 Å². The molecule has 0 aliphatic rings. The summed E-state index contributed by atoms with van der Waals surface area (Å²) < 4.78 is 4.97. The van der Waals surface area contributed by atoms with Gasteiger partial charge < -0.3 is 15.2 Å². The molecular formula is C20H23N5O2. The highest BCUT2D eigenvalue weighted by atomic mass is 16.5. The third kappa shape index (κ3) is 4.31. The number of hydrogen-bond acceptors (Lipinski definition) is 6. The standard InChI is InChI=1S/C20H23N5O2/c1-11(2)15-8-6-7-12(3)19(15)23-17-10-16(21-14(5)22-17)20(26)24-18-9-13(4)27-25-18/h6-11H,1-5H3,(H,21,22,23)(H,24,25,26). The Morgan fingerprint density at radius 2 is 1.85 bits per heavy atom. The van der Waals surface area contributed by atoms with Crippen molar-refractivity contribution in [2.75, 3.05) is 10.6 Å². The Hall–Kier alpha value is -3.22. The Labute approximate surface area is 158 Å². The van der Waals surface area contributed by atoms with Crippen molar-refractivity contribution in [1.29, 1.82) is 0 Å². The van der Waals surface area contributed by atoms with E-state index in [1.807, 2.05) is 19.1 Å². The molecule has 2 aromatic heterocycles. The topological polar surface area (TPSA) is 92.9 Å². The second kappa shape index (κ2) is 7.57. The van der Waals surface area contributed by atoms with Gasteiger partial charge in [-0.15, -0.1) is 0 Å². The fourth-order valence-electron chi connectivity index (χ4n) is 2.82. The number of nitrogens with zero attached hydrogens (tertiary/aromatic N) is 3. The van der Waals surface area contributed by atoms with Crippen LogP contribution in [0.2, 0.25) is 0 Å². The number of carbonyl (C=O) groups is 1. The highest BCUT2D eigenvalue weighted by Crippen LogP contribution is 2.29. The third-order valence-electron chi connectivity index (χ3n) is 4.12. The first kappa shape index (κ1) is 18.6. The van der Waals surface area contributed by atoms with Crippen molar-refractivity contribution in [3.63, 3.8) is 0 Å². The van der Waals surface area contributed by atoms with E-state index < -0.39 is 0 Å². The van der Waals surface area contributed by atoms with Gasteiger partial charge in [0, 0.05) is 17.8 Å². The number of hydrogen-bond donors (Lipinski definition) is 2. The molecule has 7 heteroatoms. The Morgan fingerprint density at radius 1 is 1.07 bits per heavy atom. The highest BCUT2D eigenvalue weighted by molar-refractivity contribution is 6.02. The van der Waals surface area contributed by atoms with E-state index in [0.717, 1.165) is 11.3 Å². The van der Waals surface area contributed by atoms with E-state index in [2.05, 4.69) is 45.7 Å². The maximum absolute atomic E-state index is 12.5. The number of amides is 1. The van der Waals surface area contributed by atoms with E-state index in [-0.39, 0.29) is 11.6 Å². The normalized spacial score (nSPS) is 10.9. The molecule has 0 saturated carbocycles. The number of aryl methyl sites for hydroxylation is 3. The number of nitrogens with one attached hydrogen (secondary N) is 2. The predicted octanol–water partition coefficient (Wildman–Crippen LogP) is 4.51. The maximum atomic E-state index is 12.5. The molecule has 7 nitrogen and oxygen atoms in total. The number of aromatic nitrogens is 3. The van der Waals surface area contributed by atoms with Gasteiger partial charge in [0.2, 0.25) is 0 Å². The summed E-state index contributed by atoms with van der Waals surface area (Å²) >= 11 is 0. The molecule has 2 heterocycles. The molecule has 2 N–H and O–H groups in total. The molecule has 140 valence electrons. The fraction of sp³-hybridized carbons (Fsp3) is 0.300. The molecule has 0 aliphatic carbocycles. The average molecular weight is 365 g/mol. The summed E-state index contributed by atoms with van der Waals surface area (Å²) in [6, 6.07) is 9.45. The summed E-state index contributed by atoms with van der Waals surface area (Å²) in [5.74, 6) is 2.03. The van der Waals surface area contributed by atoms with E-state index in [1.54, 1.807) is 26.0 Å². The van der Waals surface area contributed by atoms with Crippen LogP contribution < -0.4 is 10.6 Å². The molecule has 0 unspecified atom stereocenters. The lowest BCUT2D eigenvalue weighted by Crippen LogP contribution is -2.15. The zero-order valence-electron chi connectivity index (χ0n) is 16.1. The largest absolute Gasteiger partial charge is 0.360 e. The molecule has 0 radical (unpaired) electrons. The number of para-hydroxylation sites is 1. The van der Waals surface area contributed by atoms with Crippen LogP contribution in [0.1, 0.15) is 53.0 Å². The summed E-state index contributed by atoms with van der Waals surface area (Å²) in [7, 11) is 0. The van der Waals surface area contributed by atoms with E-state index in [4.69, 9.17) is 4.52 Å². The molecule has 3 rings (SSSR count). The molecule has 3 aromatic rings. The molecule has 1 amide bonds. The van der Waals surface area contributed by atoms with Crippen molar-refractivity contribution in [3.8, 4) is 0 Å². The first-order chi connectivity index (χ1) is 12.8. The lowest BCUT2D eigenvalue weighted by molar-refractivity contribution is 0.102. The summed E-state index contributed by atoms with van der Waals surface area (Å²) in [5.41, 5.74) is 3.56. The molecule has 1 aromatic carbocycles. The van der Waals surface area contributed by atoms with Crippen LogP contribution in [-0.4, -0.2) is 21.0 Å². The van der Waals surface area contributed by atoms with Gasteiger partial charge in [0.1, 0.15) is 23.1 Å². The minimum Gasteiger partial charge on any atom is -0.360 e. The minimum atomic E-state index is -0.370.